The summed E-state index contributed by atoms with van der Waals surface area (Å²) in [5.74, 6) is 0.541. The third-order valence-corrected chi connectivity index (χ3v) is 2.77. The summed E-state index contributed by atoms with van der Waals surface area (Å²) >= 11 is 5.89. The lowest BCUT2D eigenvalue weighted by Gasteiger charge is -2.19. The van der Waals surface area contributed by atoms with Gasteiger partial charge in [0.25, 0.3) is 0 Å². The molecule has 16 heavy (non-hydrogen) atoms. The largest absolute Gasteiger partial charge is 0.458 e. The minimum absolute atomic E-state index is 0.431. The van der Waals surface area contributed by atoms with E-state index in [0.29, 0.717) is 17.3 Å². The van der Waals surface area contributed by atoms with Crippen LogP contribution in [-0.2, 0) is 5.60 Å². The Bertz CT molecular complexity index is 505. The standard InChI is InChI=1S/C12H14ClNO2/c1-12(15,7-14-2)11-6-8-5-9(13)3-4-10(8)16-11/h3-6,14-15H,7H2,1-2H3. The molecule has 2 N–H and O–H groups in total. The van der Waals surface area contributed by atoms with E-state index >= 15 is 0 Å². The van der Waals surface area contributed by atoms with Gasteiger partial charge in [0, 0.05) is 17.0 Å². The Labute approximate surface area is 99.0 Å². The summed E-state index contributed by atoms with van der Waals surface area (Å²) in [6, 6.07) is 7.21. The number of furan rings is 1. The van der Waals surface area contributed by atoms with Crippen LogP contribution in [0.15, 0.2) is 28.7 Å². The van der Waals surface area contributed by atoms with Crippen LogP contribution in [0.4, 0.5) is 0 Å². The van der Waals surface area contributed by atoms with Crippen molar-refractivity contribution in [3.05, 3.63) is 35.0 Å². The van der Waals surface area contributed by atoms with E-state index in [1.54, 1.807) is 26.1 Å². The maximum atomic E-state index is 10.2. The van der Waals surface area contributed by atoms with Gasteiger partial charge < -0.3 is 14.8 Å². The molecule has 1 atom stereocenters. The fourth-order valence-electron chi connectivity index (χ4n) is 1.71. The molecule has 2 rings (SSSR count). The molecule has 0 bridgehead atoms. The molecule has 0 aliphatic rings. The third kappa shape index (κ3) is 2.07. The zero-order valence-corrected chi connectivity index (χ0v) is 10.0. The highest BCUT2D eigenvalue weighted by molar-refractivity contribution is 6.31. The highest BCUT2D eigenvalue weighted by atomic mass is 35.5. The highest BCUT2D eigenvalue weighted by Gasteiger charge is 2.26. The molecule has 86 valence electrons. The molecule has 0 spiro atoms. The Morgan fingerprint density at radius 3 is 2.88 bits per heavy atom. The predicted octanol–water partition coefficient (Wildman–Crippen LogP) is 2.51. The van der Waals surface area contributed by atoms with Gasteiger partial charge in [-0.05, 0) is 38.2 Å². The van der Waals surface area contributed by atoms with E-state index in [9.17, 15) is 5.11 Å². The van der Waals surface area contributed by atoms with E-state index in [-0.39, 0.29) is 0 Å². The molecule has 1 aromatic heterocycles. The number of hydrogen-bond acceptors (Lipinski definition) is 3. The summed E-state index contributed by atoms with van der Waals surface area (Å²) in [5.41, 5.74) is -0.281. The first-order chi connectivity index (χ1) is 7.53. The Hall–Kier alpha value is -1.03. The predicted molar refractivity (Wildman–Crippen MR) is 64.7 cm³/mol. The van der Waals surface area contributed by atoms with E-state index in [2.05, 4.69) is 5.32 Å². The van der Waals surface area contributed by atoms with Crippen LogP contribution in [0.25, 0.3) is 11.0 Å². The summed E-state index contributed by atoms with van der Waals surface area (Å²) in [6.45, 7) is 2.14. The lowest BCUT2D eigenvalue weighted by Crippen LogP contribution is -2.32. The van der Waals surface area contributed by atoms with Gasteiger partial charge in [0.1, 0.15) is 16.9 Å². The minimum atomic E-state index is -1.01. The summed E-state index contributed by atoms with van der Waals surface area (Å²) in [5, 5.41) is 14.7. The lowest BCUT2D eigenvalue weighted by atomic mass is 10.0. The number of fused-ring (bicyclic) bond motifs is 1. The van der Waals surface area contributed by atoms with Crippen molar-refractivity contribution in [1.29, 1.82) is 0 Å². The van der Waals surface area contributed by atoms with Crippen LogP contribution in [0.3, 0.4) is 0 Å². The zero-order valence-electron chi connectivity index (χ0n) is 9.25. The maximum Gasteiger partial charge on any atom is 0.137 e. The van der Waals surface area contributed by atoms with Gasteiger partial charge >= 0.3 is 0 Å². The molecule has 0 amide bonds. The van der Waals surface area contributed by atoms with Gasteiger partial charge in [-0.1, -0.05) is 11.6 Å². The van der Waals surface area contributed by atoms with Crippen LogP contribution < -0.4 is 5.32 Å². The number of hydrogen-bond donors (Lipinski definition) is 2. The molecule has 0 aliphatic heterocycles. The molecule has 1 heterocycles. The average Bonchev–Trinajstić information content (AvgIpc) is 2.61. The highest BCUT2D eigenvalue weighted by Crippen LogP contribution is 2.29. The van der Waals surface area contributed by atoms with Crippen molar-refractivity contribution >= 4 is 22.6 Å². The number of benzene rings is 1. The van der Waals surface area contributed by atoms with Gasteiger partial charge in [0.15, 0.2) is 0 Å². The number of rotatable bonds is 3. The van der Waals surface area contributed by atoms with Crippen LogP contribution in [0.1, 0.15) is 12.7 Å². The second-order valence-electron chi connectivity index (χ2n) is 4.10. The molecular formula is C12H14ClNO2. The van der Waals surface area contributed by atoms with E-state index < -0.39 is 5.60 Å². The van der Waals surface area contributed by atoms with Crippen molar-refractivity contribution in [2.45, 2.75) is 12.5 Å². The Morgan fingerprint density at radius 1 is 1.44 bits per heavy atom. The number of halogens is 1. The van der Waals surface area contributed by atoms with Crippen molar-refractivity contribution in [2.75, 3.05) is 13.6 Å². The normalized spacial score (nSPS) is 15.2. The minimum Gasteiger partial charge on any atom is -0.458 e. The van der Waals surface area contributed by atoms with Crippen LogP contribution in [0, 0.1) is 0 Å². The zero-order chi connectivity index (χ0) is 11.8. The molecule has 0 fully saturated rings. The van der Waals surface area contributed by atoms with E-state index in [4.69, 9.17) is 16.0 Å². The first kappa shape index (κ1) is 11.5. The number of nitrogens with one attached hydrogen (secondary N) is 1. The summed E-state index contributed by atoms with van der Waals surface area (Å²) in [4.78, 5) is 0. The third-order valence-electron chi connectivity index (χ3n) is 2.53. The number of likely N-dealkylation sites (N-methyl/N-ethyl adjacent to an activating group) is 1. The van der Waals surface area contributed by atoms with Gasteiger partial charge in [-0.2, -0.15) is 0 Å². The molecule has 4 heteroatoms. The summed E-state index contributed by atoms with van der Waals surface area (Å²) < 4.78 is 5.59. The first-order valence-corrected chi connectivity index (χ1v) is 5.47. The van der Waals surface area contributed by atoms with Gasteiger partial charge in [-0.15, -0.1) is 0 Å². The van der Waals surface area contributed by atoms with Crippen LogP contribution in [-0.4, -0.2) is 18.7 Å². The topological polar surface area (TPSA) is 45.4 Å². The second-order valence-corrected chi connectivity index (χ2v) is 4.53. The first-order valence-electron chi connectivity index (χ1n) is 5.09. The van der Waals surface area contributed by atoms with Crippen molar-refractivity contribution in [3.8, 4) is 0 Å². The van der Waals surface area contributed by atoms with Crippen LogP contribution in [0.5, 0.6) is 0 Å². The summed E-state index contributed by atoms with van der Waals surface area (Å²) in [7, 11) is 1.79. The van der Waals surface area contributed by atoms with Gasteiger partial charge in [-0.25, -0.2) is 0 Å². The Balaban J connectivity index is 2.46. The van der Waals surface area contributed by atoms with E-state index in [1.165, 1.54) is 0 Å². The van der Waals surface area contributed by atoms with Crippen LogP contribution >= 0.6 is 11.6 Å². The van der Waals surface area contributed by atoms with Crippen molar-refractivity contribution in [1.82, 2.24) is 5.32 Å². The van der Waals surface area contributed by atoms with Gasteiger partial charge in [-0.3, -0.25) is 0 Å². The summed E-state index contributed by atoms with van der Waals surface area (Å²) in [6.07, 6.45) is 0. The molecule has 1 unspecified atom stereocenters. The average molecular weight is 240 g/mol. The second kappa shape index (κ2) is 4.09. The van der Waals surface area contributed by atoms with Crippen molar-refractivity contribution < 1.29 is 9.52 Å². The molecule has 3 nitrogen and oxygen atoms in total. The molecular weight excluding hydrogens is 226 g/mol. The van der Waals surface area contributed by atoms with Gasteiger partial charge in [0.2, 0.25) is 0 Å². The number of aliphatic hydroxyl groups is 1. The molecule has 1 aromatic carbocycles. The maximum absolute atomic E-state index is 10.2. The molecule has 2 aromatic rings. The Kier molecular flexibility index (Phi) is 2.93. The van der Waals surface area contributed by atoms with Crippen molar-refractivity contribution in [2.24, 2.45) is 0 Å². The fourth-order valence-corrected chi connectivity index (χ4v) is 1.89. The van der Waals surface area contributed by atoms with Crippen LogP contribution in [0.2, 0.25) is 5.02 Å². The molecule has 0 radical (unpaired) electrons. The smallest absolute Gasteiger partial charge is 0.137 e. The van der Waals surface area contributed by atoms with E-state index in [1.807, 2.05) is 12.1 Å². The molecule has 0 saturated carbocycles. The monoisotopic (exact) mass is 239 g/mol. The van der Waals surface area contributed by atoms with Crippen molar-refractivity contribution in [3.63, 3.8) is 0 Å². The molecule has 0 aliphatic carbocycles. The Morgan fingerprint density at radius 2 is 2.19 bits per heavy atom. The SMILES string of the molecule is CNCC(C)(O)c1cc2cc(Cl)ccc2o1. The fraction of sp³-hybridized carbons (Fsp3) is 0.333. The van der Waals surface area contributed by atoms with E-state index in [0.717, 1.165) is 11.0 Å². The lowest BCUT2D eigenvalue weighted by molar-refractivity contribution is 0.0378. The molecule has 0 saturated heterocycles. The quantitative estimate of drug-likeness (QED) is 0.865. The van der Waals surface area contributed by atoms with Gasteiger partial charge in [0.05, 0.1) is 0 Å².